The average Bonchev–Trinajstić information content (AvgIpc) is 3.07. The van der Waals surface area contributed by atoms with E-state index in [1.807, 2.05) is 24.3 Å². The summed E-state index contributed by atoms with van der Waals surface area (Å²) in [5.41, 5.74) is 1.46. The monoisotopic (exact) mass is 434 g/mol. The van der Waals surface area contributed by atoms with Crippen molar-refractivity contribution in [2.75, 3.05) is 13.1 Å². The first-order chi connectivity index (χ1) is 13.0. The van der Waals surface area contributed by atoms with Crippen LogP contribution in [0.3, 0.4) is 0 Å². The molecule has 1 saturated heterocycles. The molecule has 2 heterocycles. The SMILES string of the molecule is O=C(c1cc2cc(Br)ccc2[nH]1)N1CCC(Oc2ccc(F)cc2F)CC1. The first-order valence-corrected chi connectivity index (χ1v) is 9.48. The number of nitrogens with one attached hydrogen (secondary N) is 1. The standard InChI is InChI=1S/C20H17BrF2N2O2/c21-13-1-3-17-12(9-13)10-18(24-17)20(26)25-7-5-15(6-8-25)27-19-4-2-14(22)11-16(19)23/h1-4,9-11,15,24H,5-8H2. The van der Waals surface area contributed by atoms with Crippen LogP contribution in [0.15, 0.2) is 46.9 Å². The highest BCUT2D eigenvalue weighted by Crippen LogP contribution is 2.25. The lowest BCUT2D eigenvalue weighted by atomic mass is 10.1. The molecule has 1 aliphatic heterocycles. The fourth-order valence-corrected chi connectivity index (χ4v) is 3.69. The highest BCUT2D eigenvalue weighted by molar-refractivity contribution is 9.10. The maximum atomic E-state index is 13.7. The van der Waals surface area contributed by atoms with Crippen LogP contribution in [0.5, 0.6) is 5.75 Å². The molecule has 0 atom stereocenters. The third kappa shape index (κ3) is 3.83. The number of piperidine rings is 1. The molecule has 0 unspecified atom stereocenters. The van der Waals surface area contributed by atoms with Crippen molar-refractivity contribution in [2.45, 2.75) is 18.9 Å². The number of nitrogens with zero attached hydrogens (tertiary/aromatic N) is 1. The number of ether oxygens (including phenoxy) is 1. The van der Waals surface area contributed by atoms with Crippen molar-refractivity contribution in [1.82, 2.24) is 9.88 Å². The van der Waals surface area contributed by atoms with E-state index in [4.69, 9.17) is 4.74 Å². The number of carbonyl (C=O) groups excluding carboxylic acids is 1. The second-order valence-corrected chi connectivity index (χ2v) is 7.51. The number of rotatable bonds is 3. The van der Waals surface area contributed by atoms with Crippen molar-refractivity contribution in [3.05, 3.63) is 64.3 Å². The molecule has 1 fully saturated rings. The summed E-state index contributed by atoms with van der Waals surface area (Å²) in [4.78, 5) is 17.7. The normalized spacial score (nSPS) is 15.3. The van der Waals surface area contributed by atoms with Crippen LogP contribution in [-0.2, 0) is 0 Å². The van der Waals surface area contributed by atoms with Gasteiger partial charge in [0.1, 0.15) is 17.6 Å². The molecule has 0 aliphatic carbocycles. The van der Waals surface area contributed by atoms with Crippen LogP contribution >= 0.6 is 15.9 Å². The number of likely N-dealkylation sites (tertiary alicyclic amines) is 1. The Bertz CT molecular complexity index is 997. The second kappa shape index (κ2) is 7.31. The summed E-state index contributed by atoms with van der Waals surface area (Å²) < 4.78 is 33.3. The largest absolute Gasteiger partial charge is 0.487 e. The van der Waals surface area contributed by atoms with E-state index in [1.54, 1.807) is 4.90 Å². The summed E-state index contributed by atoms with van der Waals surface area (Å²) in [6.45, 7) is 1.04. The molecule has 4 rings (SSSR count). The van der Waals surface area contributed by atoms with E-state index in [1.165, 1.54) is 12.1 Å². The second-order valence-electron chi connectivity index (χ2n) is 6.60. The number of aromatic amines is 1. The summed E-state index contributed by atoms with van der Waals surface area (Å²) in [5.74, 6) is -1.36. The predicted molar refractivity (Wildman–Crippen MR) is 102 cm³/mol. The first kappa shape index (κ1) is 18.0. The zero-order chi connectivity index (χ0) is 19.0. The zero-order valence-electron chi connectivity index (χ0n) is 14.3. The van der Waals surface area contributed by atoms with Crippen LogP contribution in [0.25, 0.3) is 10.9 Å². The highest BCUT2D eigenvalue weighted by atomic mass is 79.9. The minimum Gasteiger partial charge on any atom is -0.487 e. The Morgan fingerprint density at radius 3 is 2.63 bits per heavy atom. The topological polar surface area (TPSA) is 45.3 Å². The fraction of sp³-hybridized carbons (Fsp3) is 0.250. The van der Waals surface area contributed by atoms with Gasteiger partial charge in [-0.25, -0.2) is 8.78 Å². The summed E-state index contributed by atoms with van der Waals surface area (Å²) in [5, 5.41) is 0.970. The Hall–Kier alpha value is -2.41. The molecule has 0 bridgehead atoms. The Morgan fingerprint density at radius 2 is 1.89 bits per heavy atom. The molecule has 3 aromatic rings. The van der Waals surface area contributed by atoms with E-state index in [0.29, 0.717) is 31.6 Å². The van der Waals surface area contributed by atoms with E-state index in [-0.39, 0.29) is 17.8 Å². The lowest BCUT2D eigenvalue weighted by Crippen LogP contribution is -2.42. The number of carbonyl (C=O) groups is 1. The van der Waals surface area contributed by atoms with Crippen molar-refractivity contribution in [2.24, 2.45) is 0 Å². The van der Waals surface area contributed by atoms with Crippen LogP contribution in [0.2, 0.25) is 0 Å². The number of hydrogen-bond donors (Lipinski definition) is 1. The van der Waals surface area contributed by atoms with Crippen LogP contribution in [0, 0.1) is 11.6 Å². The van der Waals surface area contributed by atoms with Gasteiger partial charge in [-0.1, -0.05) is 15.9 Å². The summed E-state index contributed by atoms with van der Waals surface area (Å²) in [7, 11) is 0. The summed E-state index contributed by atoms with van der Waals surface area (Å²) in [6.07, 6.45) is 0.982. The molecule has 140 valence electrons. The van der Waals surface area contributed by atoms with E-state index in [9.17, 15) is 13.6 Å². The third-order valence-electron chi connectivity index (χ3n) is 4.73. The van der Waals surface area contributed by atoms with Gasteiger partial charge in [0.15, 0.2) is 11.6 Å². The zero-order valence-corrected chi connectivity index (χ0v) is 15.9. The van der Waals surface area contributed by atoms with Crippen LogP contribution in [0.1, 0.15) is 23.3 Å². The van der Waals surface area contributed by atoms with E-state index in [0.717, 1.165) is 21.4 Å². The number of amides is 1. The van der Waals surface area contributed by atoms with Crippen LogP contribution in [0.4, 0.5) is 8.78 Å². The van der Waals surface area contributed by atoms with Gasteiger partial charge in [-0.15, -0.1) is 0 Å². The smallest absolute Gasteiger partial charge is 0.270 e. The molecule has 1 aromatic heterocycles. The van der Waals surface area contributed by atoms with Gasteiger partial charge < -0.3 is 14.6 Å². The number of benzene rings is 2. The molecule has 0 radical (unpaired) electrons. The lowest BCUT2D eigenvalue weighted by Gasteiger charge is -2.32. The Kier molecular flexibility index (Phi) is 4.86. The van der Waals surface area contributed by atoms with E-state index in [2.05, 4.69) is 20.9 Å². The Morgan fingerprint density at radius 1 is 1.11 bits per heavy atom. The summed E-state index contributed by atoms with van der Waals surface area (Å²) >= 11 is 3.43. The maximum absolute atomic E-state index is 13.7. The van der Waals surface area contributed by atoms with Gasteiger partial charge in [-0.3, -0.25) is 4.79 Å². The molecule has 27 heavy (non-hydrogen) atoms. The van der Waals surface area contributed by atoms with Gasteiger partial charge in [-0.05, 0) is 36.4 Å². The van der Waals surface area contributed by atoms with Crippen molar-refractivity contribution >= 4 is 32.7 Å². The van der Waals surface area contributed by atoms with Crippen molar-refractivity contribution in [3.8, 4) is 5.75 Å². The Balaban J connectivity index is 1.40. The van der Waals surface area contributed by atoms with E-state index < -0.39 is 11.6 Å². The van der Waals surface area contributed by atoms with Gasteiger partial charge in [0.2, 0.25) is 0 Å². The van der Waals surface area contributed by atoms with Crippen LogP contribution in [-0.4, -0.2) is 35.0 Å². The minimum absolute atomic E-state index is 0.0439. The molecule has 2 aromatic carbocycles. The predicted octanol–water partition coefficient (Wildman–Crippen LogP) is 4.89. The molecule has 4 nitrogen and oxygen atoms in total. The molecular weight excluding hydrogens is 418 g/mol. The van der Waals surface area contributed by atoms with Gasteiger partial charge in [0.25, 0.3) is 5.91 Å². The first-order valence-electron chi connectivity index (χ1n) is 8.69. The van der Waals surface area contributed by atoms with Crippen molar-refractivity contribution in [1.29, 1.82) is 0 Å². The third-order valence-corrected chi connectivity index (χ3v) is 5.22. The minimum atomic E-state index is -0.710. The van der Waals surface area contributed by atoms with Gasteiger partial charge in [-0.2, -0.15) is 0 Å². The molecule has 0 saturated carbocycles. The van der Waals surface area contributed by atoms with Gasteiger partial charge >= 0.3 is 0 Å². The number of hydrogen-bond acceptors (Lipinski definition) is 2. The highest BCUT2D eigenvalue weighted by Gasteiger charge is 2.26. The molecular formula is C20H17BrF2N2O2. The maximum Gasteiger partial charge on any atom is 0.270 e. The lowest BCUT2D eigenvalue weighted by molar-refractivity contribution is 0.0583. The Labute approximate surface area is 163 Å². The van der Waals surface area contributed by atoms with E-state index >= 15 is 0 Å². The number of halogens is 3. The van der Waals surface area contributed by atoms with Crippen LogP contribution < -0.4 is 4.74 Å². The average molecular weight is 435 g/mol. The number of fused-ring (bicyclic) bond motifs is 1. The molecule has 1 aliphatic rings. The number of aromatic nitrogens is 1. The molecule has 7 heteroatoms. The van der Waals surface area contributed by atoms with Crippen molar-refractivity contribution in [3.63, 3.8) is 0 Å². The van der Waals surface area contributed by atoms with Gasteiger partial charge in [0, 0.05) is 47.4 Å². The molecule has 1 N–H and O–H groups in total. The fourth-order valence-electron chi connectivity index (χ4n) is 3.32. The van der Waals surface area contributed by atoms with Crippen molar-refractivity contribution < 1.29 is 18.3 Å². The quantitative estimate of drug-likeness (QED) is 0.637. The van der Waals surface area contributed by atoms with Gasteiger partial charge in [0.05, 0.1) is 0 Å². The number of H-pyrrole nitrogens is 1. The molecule has 0 spiro atoms. The summed E-state index contributed by atoms with van der Waals surface area (Å²) in [6, 6.07) is 10.9. The molecule has 1 amide bonds.